The maximum absolute atomic E-state index is 12.7. The van der Waals surface area contributed by atoms with Gasteiger partial charge in [-0.05, 0) is 18.9 Å². The molecule has 134 valence electrons. The van der Waals surface area contributed by atoms with Gasteiger partial charge in [0, 0.05) is 38.8 Å². The summed E-state index contributed by atoms with van der Waals surface area (Å²) in [5, 5.41) is 0. The Balaban J connectivity index is 1.61. The lowest BCUT2D eigenvalue weighted by Gasteiger charge is -2.34. The molecule has 2 N–H and O–H groups in total. The van der Waals surface area contributed by atoms with Crippen molar-refractivity contribution in [2.75, 3.05) is 26.7 Å². The molecular weight excluding hydrogens is 324 g/mol. The first-order chi connectivity index (χ1) is 11.9. The molecule has 1 aromatic heterocycles. The lowest BCUT2D eigenvalue weighted by molar-refractivity contribution is -0.138. The first-order valence-corrected chi connectivity index (χ1v) is 8.39. The van der Waals surface area contributed by atoms with Crippen LogP contribution in [0.2, 0.25) is 0 Å². The predicted molar refractivity (Wildman–Crippen MR) is 88.7 cm³/mol. The molecule has 8 heteroatoms. The van der Waals surface area contributed by atoms with Gasteiger partial charge in [0.2, 0.25) is 11.8 Å². The SMILES string of the molecule is CN1CC(C(=O)N2CCCC(Oc3ccnc(C(N)=O)c3)C2)CC1=O. The average Bonchev–Trinajstić information content (AvgIpc) is 2.93. The van der Waals surface area contributed by atoms with Crippen LogP contribution in [0.1, 0.15) is 29.8 Å². The Morgan fingerprint density at radius 2 is 2.16 bits per heavy atom. The molecule has 2 aliphatic rings. The van der Waals surface area contributed by atoms with E-state index in [2.05, 4.69) is 4.98 Å². The largest absolute Gasteiger partial charge is 0.488 e. The number of primary amides is 1. The standard InChI is InChI=1S/C17H22N4O4/c1-20-9-11(7-15(20)22)17(24)21-6-2-3-13(10-21)25-12-4-5-19-14(8-12)16(18)23/h4-5,8,11,13H,2-3,6-7,9-10H2,1H3,(H2,18,23). The highest BCUT2D eigenvalue weighted by Crippen LogP contribution is 2.23. The molecule has 2 atom stereocenters. The van der Waals surface area contributed by atoms with Crippen molar-refractivity contribution in [1.82, 2.24) is 14.8 Å². The van der Waals surface area contributed by atoms with Gasteiger partial charge < -0.3 is 20.3 Å². The van der Waals surface area contributed by atoms with Crippen LogP contribution in [0.15, 0.2) is 18.3 Å². The summed E-state index contributed by atoms with van der Waals surface area (Å²) in [6, 6.07) is 3.17. The minimum Gasteiger partial charge on any atom is -0.488 e. The Morgan fingerprint density at radius 1 is 1.36 bits per heavy atom. The summed E-state index contributed by atoms with van der Waals surface area (Å²) in [4.78, 5) is 42.8. The van der Waals surface area contributed by atoms with Gasteiger partial charge in [0.15, 0.2) is 0 Å². The van der Waals surface area contributed by atoms with Crippen molar-refractivity contribution in [3.63, 3.8) is 0 Å². The van der Waals surface area contributed by atoms with Crippen molar-refractivity contribution in [2.45, 2.75) is 25.4 Å². The number of hydrogen-bond donors (Lipinski definition) is 1. The van der Waals surface area contributed by atoms with Gasteiger partial charge in [-0.15, -0.1) is 0 Å². The highest BCUT2D eigenvalue weighted by atomic mass is 16.5. The number of rotatable bonds is 4. The molecule has 25 heavy (non-hydrogen) atoms. The van der Waals surface area contributed by atoms with Gasteiger partial charge in [0.25, 0.3) is 5.91 Å². The minimum absolute atomic E-state index is 0.0125. The zero-order valence-corrected chi connectivity index (χ0v) is 14.2. The van der Waals surface area contributed by atoms with Crippen LogP contribution in [0.25, 0.3) is 0 Å². The first kappa shape index (κ1) is 17.2. The van der Waals surface area contributed by atoms with E-state index >= 15 is 0 Å². The Labute approximate surface area is 145 Å². The van der Waals surface area contributed by atoms with E-state index in [1.54, 1.807) is 22.9 Å². The van der Waals surface area contributed by atoms with Crippen molar-refractivity contribution >= 4 is 17.7 Å². The van der Waals surface area contributed by atoms with Gasteiger partial charge in [0.05, 0.1) is 12.5 Å². The second-order valence-corrected chi connectivity index (χ2v) is 6.58. The molecule has 3 heterocycles. The summed E-state index contributed by atoms with van der Waals surface area (Å²) in [5.74, 6) is -0.337. The number of carbonyl (C=O) groups excluding carboxylic acids is 3. The van der Waals surface area contributed by atoms with E-state index in [1.807, 2.05) is 0 Å². The van der Waals surface area contributed by atoms with Gasteiger partial charge in [-0.25, -0.2) is 0 Å². The quantitative estimate of drug-likeness (QED) is 0.828. The Morgan fingerprint density at radius 3 is 2.84 bits per heavy atom. The van der Waals surface area contributed by atoms with Crippen LogP contribution in [0.4, 0.5) is 0 Å². The normalized spacial score (nSPS) is 23.6. The van der Waals surface area contributed by atoms with E-state index in [9.17, 15) is 14.4 Å². The maximum atomic E-state index is 12.7. The molecule has 0 radical (unpaired) electrons. The van der Waals surface area contributed by atoms with Crippen LogP contribution in [0.5, 0.6) is 5.75 Å². The molecule has 2 fully saturated rings. The molecule has 0 aliphatic carbocycles. The monoisotopic (exact) mass is 346 g/mol. The second kappa shape index (κ2) is 7.08. The zero-order chi connectivity index (χ0) is 18.0. The van der Waals surface area contributed by atoms with Crippen molar-refractivity contribution in [1.29, 1.82) is 0 Å². The number of nitrogens with two attached hydrogens (primary N) is 1. The van der Waals surface area contributed by atoms with Gasteiger partial charge in [-0.2, -0.15) is 0 Å². The summed E-state index contributed by atoms with van der Waals surface area (Å²) in [6.45, 7) is 1.63. The van der Waals surface area contributed by atoms with E-state index < -0.39 is 5.91 Å². The van der Waals surface area contributed by atoms with E-state index in [0.29, 0.717) is 25.4 Å². The third-order valence-electron chi connectivity index (χ3n) is 4.67. The van der Waals surface area contributed by atoms with Crippen molar-refractivity contribution < 1.29 is 19.1 Å². The summed E-state index contributed by atoms with van der Waals surface area (Å²) in [5.41, 5.74) is 5.38. The smallest absolute Gasteiger partial charge is 0.267 e. The Bertz CT molecular complexity index is 693. The molecule has 0 aromatic carbocycles. The molecule has 3 rings (SSSR count). The topological polar surface area (TPSA) is 106 Å². The fourth-order valence-electron chi connectivity index (χ4n) is 3.33. The number of amides is 3. The van der Waals surface area contributed by atoms with Crippen molar-refractivity contribution in [3.8, 4) is 5.75 Å². The summed E-state index contributed by atoms with van der Waals surface area (Å²) in [7, 11) is 1.72. The molecule has 3 amide bonds. The number of carbonyl (C=O) groups is 3. The van der Waals surface area contributed by atoms with E-state index in [-0.39, 0.29) is 36.0 Å². The molecule has 1 aromatic rings. The number of likely N-dealkylation sites (tertiary alicyclic amines) is 2. The van der Waals surface area contributed by atoms with Crippen LogP contribution in [0, 0.1) is 5.92 Å². The van der Waals surface area contributed by atoms with Crippen molar-refractivity contribution in [3.05, 3.63) is 24.0 Å². The van der Waals surface area contributed by atoms with E-state index in [4.69, 9.17) is 10.5 Å². The molecule has 2 saturated heterocycles. The second-order valence-electron chi connectivity index (χ2n) is 6.58. The predicted octanol–water partition coefficient (Wildman–Crippen LogP) is 0.0286. The molecular formula is C17H22N4O4. The summed E-state index contributed by atoms with van der Waals surface area (Å²) < 4.78 is 5.91. The average molecular weight is 346 g/mol. The molecule has 2 unspecified atom stereocenters. The molecule has 0 bridgehead atoms. The number of hydrogen-bond acceptors (Lipinski definition) is 5. The van der Waals surface area contributed by atoms with Crippen LogP contribution in [-0.2, 0) is 9.59 Å². The first-order valence-electron chi connectivity index (χ1n) is 8.39. The van der Waals surface area contributed by atoms with Crippen LogP contribution in [-0.4, -0.2) is 65.3 Å². The third-order valence-corrected chi connectivity index (χ3v) is 4.67. The van der Waals surface area contributed by atoms with Crippen LogP contribution >= 0.6 is 0 Å². The highest BCUT2D eigenvalue weighted by Gasteiger charge is 2.36. The molecule has 8 nitrogen and oxygen atoms in total. The van der Waals surface area contributed by atoms with Gasteiger partial charge in [0.1, 0.15) is 17.5 Å². The highest BCUT2D eigenvalue weighted by molar-refractivity contribution is 5.91. The fraction of sp³-hybridized carbons (Fsp3) is 0.529. The van der Waals surface area contributed by atoms with Gasteiger partial charge >= 0.3 is 0 Å². The maximum Gasteiger partial charge on any atom is 0.267 e. The summed E-state index contributed by atoms with van der Waals surface area (Å²) in [6.07, 6.45) is 3.25. The number of aromatic nitrogens is 1. The van der Waals surface area contributed by atoms with E-state index in [0.717, 1.165) is 12.8 Å². The number of piperidine rings is 1. The van der Waals surface area contributed by atoms with Crippen LogP contribution in [0.3, 0.4) is 0 Å². The Kier molecular flexibility index (Phi) is 4.87. The fourth-order valence-corrected chi connectivity index (χ4v) is 3.33. The zero-order valence-electron chi connectivity index (χ0n) is 14.2. The summed E-state index contributed by atoms with van der Waals surface area (Å²) >= 11 is 0. The Hall–Kier alpha value is -2.64. The molecule has 0 saturated carbocycles. The number of nitrogens with zero attached hydrogens (tertiary/aromatic N) is 3. The van der Waals surface area contributed by atoms with Gasteiger partial charge in [-0.1, -0.05) is 0 Å². The lowest BCUT2D eigenvalue weighted by atomic mass is 10.0. The van der Waals surface area contributed by atoms with Crippen LogP contribution < -0.4 is 10.5 Å². The number of ether oxygens (including phenoxy) is 1. The van der Waals surface area contributed by atoms with Gasteiger partial charge in [-0.3, -0.25) is 19.4 Å². The third kappa shape index (κ3) is 3.89. The lowest BCUT2D eigenvalue weighted by Crippen LogP contribution is -2.47. The molecule has 2 aliphatic heterocycles. The van der Waals surface area contributed by atoms with Crippen molar-refractivity contribution in [2.24, 2.45) is 11.7 Å². The molecule has 0 spiro atoms. The minimum atomic E-state index is -0.610. The number of pyridine rings is 1. The van der Waals surface area contributed by atoms with E-state index in [1.165, 1.54) is 12.3 Å².